The number of nitrogens with one attached hydrogen (secondary N) is 2. The van der Waals surface area contributed by atoms with Gasteiger partial charge in [-0.05, 0) is 31.2 Å². The van der Waals surface area contributed by atoms with E-state index in [9.17, 15) is 4.79 Å². The van der Waals surface area contributed by atoms with Gasteiger partial charge in [0, 0.05) is 28.9 Å². The Hall–Kier alpha value is -3.26. The first kappa shape index (κ1) is 16.2. The highest BCUT2D eigenvalue weighted by molar-refractivity contribution is 7.15. The second kappa shape index (κ2) is 6.93. The first-order valence-electron chi connectivity index (χ1n) is 7.95. The summed E-state index contributed by atoms with van der Waals surface area (Å²) in [7, 11) is 0. The number of carbonyl (C=O) groups is 1. The van der Waals surface area contributed by atoms with Crippen molar-refractivity contribution in [3.05, 3.63) is 65.3 Å². The molecule has 0 unspecified atom stereocenters. The van der Waals surface area contributed by atoms with Gasteiger partial charge in [0.15, 0.2) is 11.5 Å². The molecule has 4 heterocycles. The molecule has 7 nitrogen and oxygen atoms in total. The molecular weight excluding hydrogens is 350 g/mol. The van der Waals surface area contributed by atoms with Crippen LogP contribution in [0.5, 0.6) is 0 Å². The lowest BCUT2D eigenvalue weighted by atomic mass is 10.3. The molecule has 4 aromatic rings. The van der Waals surface area contributed by atoms with Crippen LogP contribution in [0.25, 0.3) is 22.0 Å². The quantitative estimate of drug-likeness (QED) is 0.565. The SMILES string of the molecule is Cc1nc(-c2cccnc2)sc1CNC(=O)c1cc(-c2ccco2)[nH]n1. The zero-order valence-electron chi connectivity index (χ0n) is 13.9. The van der Waals surface area contributed by atoms with Crippen molar-refractivity contribution in [1.82, 2.24) is 25.5 Å². The molecular formula is C18H15N5O2S. The summed E-state index contributed by atoms with van der Waals surface area (Å²) in [4.78, 5) is 22.0. The molecule has 0 aromatic carbocycles. The van der Waals surface area contributed by atoms with Gasteiger partial charge in [-0.25, -0.2) is 4.98 Å². The Morgan fingerprint density at radius 1 is 1.35 bits per heavy atom. The molecule has 2 N–H and O–H groups in total. The van der Waals surface area contributed by atoms with Gasteiger partial charge in [0.1, 0.15) is 10.7 Å². The normalized spacial score (nSPS) is 10.8. The fourth-order valence-corrected chi connectivity index (χ4v) is 3.44. The molecule has 0 radical (unpaired) electrons. The standard InChI is InChI=1S/C18H15N5O2S/c1-11-16(26-18(21-11)12-4-2-6-19-9-12)10-20-17(24)14-8-13(22-23-14)15-5-3-7-25-15/h2-9H,10H2,1H3,(H,20,24)(H,22,23). The molecule has 0 aliphatic rings. The number of thiazole rings is 1. The number of H-pyrrole nitrogens is 1. The fourth-order valence-electron chi connectivity index (χ4n) is 2.45. The van der Waals surface area contributed by atoms with Gasteiger partial charge < -0.3 is 9.73 Å². The third kappa shape index (κ3) is 3.27. The Labute approximate surface area is 153 Å². The van der Waals surface area contributed by atoms with Crippen LogP contribution in [-0.2, 0) is 6.54 Å². The number of aryl methyl sites for hydroxylation is 1. The largest absolute Gasteiger partial charge is 0.463 e. The minimum Gasteiger partial charge on any atom is -0.463 e. The Kier molecular flexibility index (Phi) is 4.32. The molecule has 0 aliphatic heterocycles. The van der Waals surface area contributed by atoms with E-state index in [1.165, 1.54) is 0 Å². The van der Waals surface area contributed by atoms with Crippen LogP contribution in [0.15, 0.2) is 53.4 Å². The number of nitrogens with zero attached hydrogens (tertiary/aromatic N) is 3. The van der Waals surface area contributed by atoms with Gasteiger partial charge in [0.2, 0.25) is 0 Å². The zero-order chi connectivity index (χ0) is 17.9. The zero-order valence-corrected chi connectivity index (χ0v) is 14.7. The van der Waals surface area contributed by atoms with E-state index in [0.29, 0.717) is 23.7 Å². The minimum atomic E-state index is -0.255. The second-order valence-corrected chi connectivity index (χ2v) is 6.68. The number of furan rings is 1. The first-order chi connectivity index (χ1) is 12.7. The predicted octanol–water partition coefficient (Wildman–Crippen LogP) is 3.43. The molecule has 0 bridgehead atoms. The molecule has 0 atom stereocenters. The summed E-state index contributed by atoms with van der Waals surface area (Å²) < 4.78 is 5.29. The van der Waals surface area contributed by atoms with Gasteiger partial charge in [-0.1, -0.05) is 0 Å². The summed E-state index contributed by atoms with van der Waals surface area (Å²) in [6.07, 6.45) is 5.08. The van der Waals surface area contributed by atoms with Crippen LogP contribution in [0.4, 0.5) is 0 Å². The molecule has 0 spiro atoms. The lowest BCUT2D eigenvalue weighted by Crippen LogP contribution is -2.23. The molecule has 0 aliphatic carbocycles. The Morgan fingerprint density at radius 2 is 2.27 bits per heavy atom. The number of amides is 1. The van der Waals surface area contributed by atoms with Crippen molar-refractivity contribution in [2.24, 2.45) is 0 Å². The highest BCUT2D eigenvalue weighted by Crippen LogP contribution is 2.27. The number of rotatable bonds is 5. The predicted molar refractivity (Wildman–Crippen MR) is 97.5 cm³/mol. The summed E-state index contributed by atoms with van der Waals surface area (Å²) in [5, 5.41) is 10.6. The van der Waals surface area contributed by atoms with E-state index in [1.807, 2.05) is 19.1 Å². The molecule has 4 rings (SSSR count). The van der Waals surface area contributed by atoms with Gasteiger partial charge in [-0.3, -0.25) is 14.9 Å². The highest BCUT2D eigenvalue weighted by atomic mass is 32.1. The fraction of sp³-hybridized carbons (Fsp3) is 0.111. The lowest BCUT2D eigenvalue weighted by molar-refractivity contribution is 0.0946. The number of pyridine rings is 1. The van der Waals surface area contributed by atoms with Crippen LogP contribution in [0.3, 0.4) is 0 Å². The molecule has 4 aromatic heterocycles. The number of aromatic nitrogens is 4. The van der Waals surface area contributed by atoms with E-state index in [0.717, 1.165) is 21.1 Å². The maximum atomic E-state index is 12.3. The van der Waals surface area contributed by atoms with E-state index in [-0.39, 0.29) is 5.91 Å². The number of carbonyl (C=O) groups excluding carboxylic acids is 1. The Bertz CT molecular complexity index is 1020. The summed E-state index contributed by atoms with van der Waals surface area (Å²) >= 11 is 1.54. The highest BCUT2D eigenvalue weighted by Gasteiger charge is 2.15. The van der Waals surface area contributed by atoms with Crippen LogP contribution in [-0.4, -0.2) is 26.1 Å². The number of hydrogen-bond donors (Lipinski definition) is 2. The Morgan fingerprint density at radius 3 is 3.04 bits per heavy atom. The number of hydrogen-bond acceptors (Lipinski definition) is 6. The van der Waals surface area contributed by atoms with Crippen LogP contribution >= 0.6 is 11.3 Å². The number of aromatic amines is 1. The van der Waals surface area contributed by atoms with Gasteiger partial charge in [-0.15, -0.1) is 11.3 Å². The molecule has 1 amide bonds. The van der Waals surface area contributed by atoms with Crippen LogP contribution in [0, 0.1) is 6.92 Å². The average Bonchev–Trinajstić information content (AvgIpc) is 3.41. The molecule has 26 heavy (non-hydrogen) atoms. The van der Waals surface area contributed by atoms with Crippen molar-refractivity contribution in [2.45, 2.75) is 13.5 Å². The molecule has 0 saturated carbocycles. The van der Waals surface area contributed by atoms with Gasteiger partial charge >= 0.3 is 0 Å². The lowest BCUT2D eigenvalue weighted by Gasteiger charge is -2.01. The maximum absolute atomic E-state index is 12.3. The smallest absolute Gasteiger partial charge is 0.272 e. The molecule has 130 valence electrons. The van der Waals surface area contributed by atoms with Crippen molar-refractivity contribution >= 4 is 17.2 Å². The van der Waals surface area contributed by atoms with Crippen molar-refractivity contribution in [1.29, 1.82) is 0 Å². The molecule has 0 saturated heterocycles. The van der Waals surface area contributed by atoms with E-state index >= 15 is 0 Å². The third-order valence-corrected chi connectivity index (χ3v) is 5.01. The van der Waals surface area contributed by atoms with E-state index in [4.69, 9.17) is 4.42 Å². The average molecular weight is 365 g/mol. The van der Waals surface area contributed by atoms with Crippen molar-refractivity contribution in [3.63, 3.8) is 0 Å². The monoisotopic (exact) mass is 365 g/mol. The second-order valence-electron chi connectivity index (χ2n) is 5.60. The van der Waals surface area contributed by atoms with Gasteiger partial charge in [0.25, 0.3) is 5.91 Å². The van der Waals surface area contributed by atoms with E-state index in [2.05, 4.69) is 25.5 Å². The topological polar surface area (TPSA) is 96.7 Å². The van der Waals surface area contributed by atoms with Gasteiger partial charge in [0.05, 0.1) is 18.5 Å². The minimum absolute atomic E-state index is 0.255. The van der Waals surface area contributed by atoms with Crippen molar-refractivity contribution in [2.75, 3.05) is 0 Å². The summed E-state index contributed by atoms with van der Waals surface area (Å²) in [5.74, 6) is 0.380. The van der Waals surface area contributed by atoms with Crippen LogP contribution in [0.2, 0.25) is 0 Å². The molecule has 0 fully saturated rings. The van der Waals surface area contributed by atoms with Gasteiger partial charge in [-0.2, -0.15) is 5.10 Å². The maximum Gasteiger partial charge on any atom is 0.272 e. The summed E-state index contributed by atoms with van der Waals surface area (Å²) in [6, 6.07) is 9.09. The van der Waals surface area contributed by atoms with Crippen molar-refractivity contribution < 1.29 is 9.21 Å². The summed E-state index contributed by atoms with van der Waals surface area (Å²) in [6.45, 7) is 2.33. The van der Waals surface area contributed by atoms with Crippen LogP contribution in [0.1, 0.15) is 21.1 Å². The first-order valence-corrected chi connectivity index (χ1v) is 8.76. The van der Waals surface area contributed by atoms with E-state index in [1.54, 1.807) is 48.2 Å². The summed E-state index contributed by atoms with van der Waals surface area (Å²) in [5.41, 5.74) is 2.83. The van der Waals surface area contributed by atoms with E-state index < -0.39 is 0 Å². The van der Waals surface area contributed by atoms with Crippen molar-refractivity contribution in [3.8, 4) is 22.0 Å². The third-order valence-electron chi connectivity index (χ3n) is 3.81. The Balaban J connectivity index is 1.44. The molecule has 8 heteroatoms. The van der Waals surface area contributed by atoms with Crippen LogP contribution < -0.4 is 5.32 Å².